The molecule has 4 rings (SSSR count). The molecule has 2 aromatic carbocycles. The van der Waals surface area contributed by atoms with Crippen molar-refractivity contribution in [2.45, 2.75) is 26.4 Å². The van der Waals surface area contributed by atoms with Gasteiger partial charge in [-0.05, 0) is 61.4 Å². The second-order valence-corrected chi connectivity index (χ2v) is 7.95. The van der Waals surface area contributed by atoms with Gasteiger partial charge in [0.05, 0.1) is 46.0 Å². The number of hydrogen-bond donors (Lipinski definition) is 0. The Morgan fingerprint density at radius 3 is 2.34 bits per heavy atom. The van der Waals surface area contributed by atoms with E-state index in [0.29, 0.717) is 22.5 Å². The fourth-order valence-corrected chi connectivity index (χ4v) is 4.02. The minimum absolute atomic E-state index is 0.000571. The van der Waals surface area contributed by atoms with Crippen LogP contribution < -0.4 is 11.2 Å². The molecule has 4 aromatic rings. The van der Waals surface area contributed by atoms with Gasteiger partial charge in [-0.1, -0.05) is 13.0 Å². The fourth-order valence-electron chi connectivity index (χ4n) is 4.02. The van der Waals surface area contributed by atoms with E-state index in [2.05, 4.69) is 5.10 Å². The van der Waals surface area contributed by atoms with Crippen molar-refractivity contribution in [3.05, 3.63) is 98.0 Å². The van der Waals surface area contributed by atoms with Crippen molar-refractivity contribution in [1.29, 1.82) is 5.26 Å². The Hall–Kier alpha value is -4.39. The number of hydrogen-bond acceptors (Lipinski definition) is 4. The predicted octanol–water partition coefficient (Wildman–Crippen LogP) is 4.15. The molecule has 0 unspecified atom stereocenters. The summed E-state index contributed by atoms with van der Waals surface area (Å²) in [7, 11) is 1.29. The summed E-state index contributed by atoms with van der Waals surface area (Å²) in [6.07, 6.45) is -2.85. The Kier molecular flexibility index (Phi) is 5.94. The summed E-state index contributed by atoms with van der Waals surface area (Å²) in [6.45, 7) is 3.47. The zero-order valence-electron chi connectivity index (χ0n) is 19.1. The summed E-state index contributed by atoms with van der Waals surface area (Å²) < 4.78 is 43.7. The lowest BCUT2D eigenvalue weighted by Gasteiger charge is -2.19. The van der Waals surface area contributed by atoms with Crippen molar-refractivity contribution < 1.29 is 13.2 Å². The van der Waals surface area contributed by atoms with Gasteiger partial charge >= 0.3 is 11.9 Å². The third kappa shape index (κ3) is 4.05. The molecule has 0 saturated carbocycles. The Bertz CT molecular complexity index is 1590. The minimum atomic E-state index is -4.60. The highest BCUT2D eigenvalue weighted by molar-refractivity contribution is 5.68. The Labute approximate surface area is 197 Å². The van der Waals surface area contributed by atoms with E-state index in [0.717, 1.165) is 21.3 Å². The van der Waals surface area contributed by atoms with Gasteiger partial charge in [-0.25, -0.2) is 9.48 Å². The summed E-state index contributed by atoms with van der Waals surface area (Å²) in [5.74, 6) is 0. The lowest BCUT2D eigenvalue weighted by Crippen LogP contribution is -2.40. The molecule has 0 bridgehead atoms. The van der Waals surface area contributed by atoms with Crippen LogP contribution in [0.4, 0.5) is 13.2 Å². The summed E-state index contributed by atoms with van der Waals surface area (Å²) in [5.41, 5.74) is 0.241. The Balaban J connectivity index is 2.06. The van der Waals surface area contributed by atoms with Crippen LogP contribution in [0.15, 0.2) is 64.3 Å². The van der Waals surface area contributed by atoms with Crippen molar-refractivity contribution in [3.8, 4) is 28.7 Å². The number of alkyl halides is 3. The van der Waals surface area contributed by atoms with Crippen molar-refractivity contribution in [2.75, 3.05) is 0 Å². The lowest BCUT2D eigenvalue weighted by atomic mass is 10.0. The van der Waals surface area contributed by atoms with E-state index in [9.17, 15) is 22.8 Å². The van der Waals surface area contributed by atoms with E-state index in [-0.39, 0.29) is 23.4 Å². The number of benzene rings is 2. The molecule has 0 aliphatic heterocycles. The molecule has 0 fully saturated rings. The Morgan fingerprint density at radius 2 is 1.74 bits per heavy atom. The van der Waals surface area contributed by atoms with Gasteiger partial charge in [0.25, 0.3) is 5.56 Å². The third-order valence-electron chi connectivity index (χ3n) is 5.75. The van der Waals surface area contributed by atoms with E-state index in [4.69, 9.17) is 5.26 Å². The fraction of sp³-hybridized carbons (Fsp3) is 0.200. The molecule has 2 heterocycles. The van der Waals surface area contributed by atoms with Crippen molar-refractivity contribution >= 4 is 0 Å². The van der Waals surface area contributed by atoms with Gasteiger partial charge in [-0.2, -0.15) is 23.5 Å². The number of nitrogens with zero attached hydrogens (tertiary/aromatic N) is 5. The van der Waals surface area contributed by atoms with E-state index >= 15 is 0 Å². The van der Waals surface area contributed by atoms with E-state index in [1.807, 2.05) is 6.07 Å². The molecule has 0 aliphatic rings. The van der Waals surface area contributed by atoms with Crippen LogP contribution in [0.2, 0.25) is 0 Å². The van der Waals surface area contributed by atoms with Crippen LogP contribution in [0.25, 0.3) is 22.6 Å². The first-order valence-corrected chi connectivity index (χ1v) is 10.7. The summed E-state index contributed by atoms with van der Waals surface area (Å²) in [4.78, 5) is 26.6. The van der Waals surface area contributed by atoms with Gasteiger partial charge in [-0.15, -0.1) is 0 Å². The Morgan fingerprint density at radius 1 is 1.06 bits per heavy atom. The van der Waals surface area contributed by atoms with Crippen LogP contribution >= 0.6 is 0 Å². The molecule has 0 N–H and O–H groups in total. The van der Waals surface area contributed by atoms with Crippen LogP contribution in [-0.4, -0.2) is 18.9 Å². The molecule has 0 saturated heterocycles. The molecule has 2 aromatic heterocycles. The monoisotopic (exact) mass is 479 g/mol. The maximum atomic E-state index is 13.4. The molecule has 0 radical (unpaired) electrons. The summed E-state index contributed by atoms with van der Waals surface area (Å²) >= 11 is 0. The van der Waals surface area contributed by atoms with Crippen molar-refractivity contribution in [3.63, 3.8) is 0 Å². The highest BCUT2D eigenvalue weighted by atomic mass is 19.4. The van der Waals surface area contributed by atoms with Gasteiger partial charge in [0.2, 0.25) is 0 Å². The smallest absolute Gasteiger partial charge is 0.268 e. The molecule has 7 nitrogen and oxygen atoms in total. The summed E-state index contributed by atoms with van der Waals surface area (Å²) in [6, 6.07) is 13.0. The third-order valence-corrected chi connectivity index (χ3v) is 5.75. The largest absolute Gasteiger partial charge is 0.416 e. The number of halogens is 3. The molecule has 10 heteroatoms. The molecular formula is C25H20F3N5O2. The number of aromatic nitrogens is 4. The number of aryl methyl sites for hydroxylation is 1. The number of rotatable bonds is 4. The SMILES string of the molecule is CCc1c(-c2c(C)cnn2-c2ccc(C#N)cc2)c(=O)n(C)c(=O)n1-c1cccc(C(F)(F)F)c1. The second-order valence-electron chi connectivity index (χ2n) is 7.95. The first kappa shape index (κ1) is 23.8. The maximum Gasteiger partial charge on any atom is 0.416 e. The average Bonchev–Trinajstić information content (AvgIpc) is 3.22. The highest BCUT2D eigenvalue weighted by Crippen LogP contribution is 2.32. The van der Waals surface area contributed by atoms with Gasteiger partial charge in [0, 0.05) is 12.7 Å². The highest BCUT2D eigenvalue weighted by Gasteiger charge is 2.31. The molecule has 0 amide bonds. The number of nitriles is 1. The zero-order chi connectivity index (χ0) is 25.5. The molecule has 178 valence electrons. The van der Waals surface area contributed by atoms with Gasteiger partial charge in [0.1, 0.15) is 0 Å². The first-order chi connectivity index (χ1) is 16.6. The second kappa shape index (κ2) is 8.76. The molecular weight excluding hydrogens is 459 g/mol. The van der Waals surface area contributed by atoms with Crippen LogP contribution in [-0.2, 0) is 19.6 Å². The standard InChI is InChI=1S/C25H20F3N5O2/c1-4-20-21(22-15(2)14-30-33(22)18-10-8-16(13-29)9-11-18)23(34)31(3)24(35)32(20)19-7-5-6-17(12-19)25(26,27)28/h5-12,14H,4H2,1-3H3. The average molecular weight is 479 g/mol. The normalized spacial score (nSPS) is 11.5. The summed E-state index contributed by atoms with van der Waals surface area (Å²) in [5, 5.41) is 13.5. The van der Waals surface area contributed by atoms with Gasteiger partial charge in [-0.3, -0.25) is 13.9 Å². The van der Waals surface area contributed by atoms with Crippen LogP contribution in [0, 0.1) is 18.3 Å². The molecule has 35 heavy (non-hydrogen) atoms. The molecule has 0 atom stereocenters. The van der Waals surface area contributed by atoms with Crippen molar-refractivity contribution in [1.82, 2.24) is 18.9 Å². The molecule has 0 spiro atoms. The van der Waals surface area contributed by atoms with E-state index < -0.39 is 23.0 Å². The van der Waals surface area contributed by atoms with Gasteiger partial charge < -0.3 is 0 Å². The quantitative estimate of drug-likeness (QED) is 0.440. The predicted molar refractivity (Wildman–Crippen MR) is 124 cm³/mol. The van der Waals surface area contributed by atoms with Crippen LogP contribution in [0.5, 0.6) is 0 Å². The topological polar surface area (TPSA) is 85.6 Å². The zero-order valence-corrected chi connectivity index (χ0v) is 19.1. The minimum Gasteiger partial charge on any atom is -0.268 e. The maximum absolute atomic E-state index is 13.4. The van der Waals surface area contributed by atoms with Crippen molar-refractivity contribution in [2.24, 2.45) is 7.05 Å². The first-order valence-electron chi connectivity index (χ1n) is 10.7. The van der Waals surface area contributed by atoms with Gasteiger partial charge in [0.15, 0.2) is 0 Å². The van der Waals surface area contributed by atoms with E-state index in [1.54, 1.807) is 44.3 Å². The van der Waals surface area contributed by atoms with E-state index in [1.165, 1.54) is 23.9 Å². The van der Waals surface area contributed by atoms with Crippen LogP contribution in [0.1, 0.15) is 29.3 Å². The lowest BCUT2D eigenvalue weighted by molar-refractivity contribution is -0.137. The molecule has 0 aliphatic carbocycles. The van der Waals surface area contributed by atoms with Crippen LogP contribution in [0.3, 0.4) is 0 Å².